The van der Waals surface area contributed by atoms with Crippen LogP contribution < -0.4 is 11.3 Å². The predicted molar refractivity (Wildman–Crippen MR) is 51.5 cm³/mol. The first-order valence-electron chi connectivity index (χ1n) is 3.54. The van der Waals surface area contributed by atoms with Crippen molar-refractivity contribution in [3.8, 4) is 0 Å². The van der Waals surface area contributed by atoms with Gasteiger partial charge < -0.3 is 10.3 Å². The van der Waals surface area contributed by atoms with Crippen molar-refractivity contribution < 1.29 is 0 Å². The van der Waals surface area contributed by atoms with Crippen molar-refractivity contribution in [3.63, 3.8) is 0 Å². The number of halogens is 1. The predicted octanol–water partition coefficient (Wildman–Crippen LogP) is 0.827. The van der Waals surface area contributed by atoms with Gasteiger partial charge >= 0.3 is 0 Å². The van der Waals surface area contributed by atoms with E-state index in [-0.39, 0.29) is 24.0 Å². The van der Waals surface area contributed by atoms with Crippen LogP contribution in [0.4, 0.5) is 0 Å². The highest BCUT2D eigenvalue weighted by molar-refractivity contribution is 5.85. The zero-order valence-corrected chi connectivity index (χ0v) is 7.97. The van der Waals surface area contributed by atoms with Crippen molar-refractivity contribution in [2.45, 2.75) is 13.0 Å². The molecule has 0 aliphatic heterocycles. The highest BCUT2D eigenvalue weighted by atomic mass is 35.5. The van der Waals surface area contributed by atoms with Crippen LogP contribution in [0.2, 0.25) is 0 Å². The maximum atomic E-state index is 11.3. The molecule has 0 saturated carbocycles. The lowest BCUT2D eigenvalue weighted by molar-refractivity contribution is 0.756. The monoisotopic (exact) mass is 188 g/mol. The average Bonchev–Trinajstić information content (AvgIpc) is 1.94. The van der Waals surface area contributed by atoms with Crippen LogP contribution in [0.15, 0.2) is 23.1 Å². The fourth-order valence-corrected chi connectivity index (χ4v) is 0.965. The summed E-state index contributed by atoms with van der Waals surface area (Å²) in [5, 5.41) is 0. The quantitative estimate of drug-likeness (QED) is 0.710. The molecule has 1 unspecified atom stereocenters. The Morgan fingerprint density at radius 1 is 1.58 bits per heavy atom. The Morgan fingerprint density at radius 3 is 2.58 bits per heavy atom. The van der Waals surface area contributed by atoms with Gasteiger partial charge in [-0.25, -0.2) is 0 Å². The summed E-state index contributed by atoms with van der Waals surface area (Å²) < 4.78 is 1.53. The molecule has 12 heavy (non-hydrogen) atoms. The minimum absolute atomic E-state index is 0. The molecule has 68 valence electrons. The van der Waals surface area contributed by atoms with Crippen molar-refractivity contribution in [1.82, 2.24) is 4.57 Å². The third-order valence-electron chi connectivity index (χ3n) is 1.64. The molecule has 1 aromatic rings. The number of pyridine rings is 1. The van der Waals surface area contributed by atoms with E-state index in [4.69, 9.17) is 5.73 Å². The number of rotatable bonds is 1. The molecule has 0 fully saturated rings. The highest BCUT2D eigenvalue weighted by Gasteiger charge is 2.03. The van der Waals surface area contributed by atoms with Gasteiger partial charge in [0.25, 0.3) is 5.56 Å². The standard InChI is InChI=1S/C8H12N2O.ClH/c1-6(9)7-4-3-5-10(2)8(7)11;/h3-6H,9H2,1-2H3;1H. The Labute approximate surface area is 77.6 Å². The molecular weight excluding hydrogens is 176 g/mol. The van der Waals surface area contributed by atoms with Gasteiger partial charge in [-0.2, -0.15) is 0 Å². The lowest BCUT2D eigenvalue weighted by Crippen LogP contribution is -2.24. The summed E-state index contributed by atoms with van der Waals surface area (Å²) in [5.74, 6) is 0. The number of aryl methyl sites for hydroxylation is 1. The van der Waals surface area contributed by atoms with Gasteiger partial charge in [-0.1, -0.05) is 6.07 Å². The van der Waals surface area contributed by atoms with Crippen LogP contribution in [-0.4, -0.2) is 4.57 Å². The lowest BCUT2D eigenvalue weighted by atomic mass is 10.1. The lowest BCUT2D eigenvalue weighted by Gasteiger charge is -2.05. The van der Waals surface area contributed by atoms with Gasteiger partial charge in [-0.3, -0.25) is 4.79 Å². The number of hydrogen-bond acceptors (Lipinski definition) is 2. The first-order chi connectivity index (χ1) is 5.13. The number of nitrogens with two attached hydrogens (primary N) is 1. The Balaban J connectivity index is 0.00000121. The molecule has 3 nitrogen and oxygen atoms in total. The summed E-state index contributed by atoms with van der Waals surface area (Å²) in [6, 6.07) is 3.39. The second kappa shape index (κ2) is 4.28. The smallest absolute Gasteiger partial charge is 0.255 e. The molecule has 0 amide bonds. The molecule has 0 bridgehead atoms. The zero-order chi connectivity index (χ0) is 8.43. The number of hydrogen-bond donors (Lipinski definition) is 1. The van der Waals surface area contributed by atoms with Gasteiger partial charge in [0.1, 0.15) is 0 Å². The summed E-state index contributed by atoms with van der Waals surface area (Å²) in [6.07, 6.45) is 1.72. The molecule has 0 radical (unpaired) electrons. The van der Waals surface area contributed by atoms with Crippen molar-refractivity contribution in [1.29, 1.82) is 0 Å². The number of nitrogens with zero attached hydrogens (tertiary/aromatic N) is 1. The second-order valence-corrected chi connectivity index (χ2v) is 2.67. The summed E-state index contributed by atoms with van der Waals surface area (Å²) in [7, 11) is 1.72. The fourth-order valence-electron chi connectivity index (χ4n) is 0.965. The van der Waals surface area contributed by atoms with E-state index in [1.165, 1.54) is 4.57 Å². The van der Waals surface area contributed by atoms with Gasteiger partial charge in [0.15, 0.2) is 0 Å². The van der Waals surface area contributed by atoms with E-state index in [0.29, 0.717) is 5.56 Å². The van der Waals surface area contributed by atoms with E-state index in [2.05, 4.69) is 0 Å². The molecule has 0 aromatic carbocycles. The van der Waals surface area contributed by atoms with Crippen LogP contribution >= 0.6 is 12.4 Å². The van der Waals surface area contributed by atoms with E-state index in [9.17, 15) is 4.79 Å². The Hall–Kier alpha value is -0.800. The third kappa shape index (κ3) is 2.09. The van der Waals surface area contributed by atoms with Crippen molar-refractivity contribution in [2.75, 3.05) is 0 Å². The van der Waals surface area contributed by atoms with Crippen molar-refractivity contribution in [3.05, 3.63) is 34.2 Å². The SMILES string of the molecule is CC(N)c1cccn(C)c1=O.Cl. The summed E-state index contributed by atoms with van der Waals surface area (Å²) >= 11 is 0. The minimum atomic E-state index is -0.185. The maximum absolute atomic E-state index is 11.3. The molecule has 0 aliphatic rings. The van der Waals surface area contributed by atoms with E-state index in [0.717, 1.165) is 0 Å². The Bertz CT molecular complexity index is 306. The first-order valence-corrected chi connectivity index (χ1v) is 3.54. The van der Waals surface area contributed by atoms with Gasteiger partial charge in [0.05, 0.1) is 0 Å². The molecule has 1 rings (SSSR count). The second-order valence-electron chi connectivity index (χ2n) is 2.67. The number of aromatic nitrogens is 1. The summed E-state index contributed by atoms with van der Waals surface area (Å²) in [6.45, 7) is 1.80. The normalized spacial score (nSPS) is 11.9. The molecule has 0 aliphatic carbocycles. The van der Waals surface area contributed by atoms with Crippen LogP contribution in [0.5, 0.6) is 0 Å². The van der Waals surface area contributed by atoms with Crippen LogP contribution in [-0.2, 0) is 7.05 Å². The van der Waals surface area contributed by atoms with Crippen LogP contribution in [0.1, 0.15) is 18.5 Å². The molecule has 1 atom stereocenters. The molecule has 1 heterocycles. The van der Waals surface area contributed by atoms with E-state index < -0.39 is 0 Å². The van der Waals surface area contributed by atoms with Gasteiger partial charge in [-0.05, 0) is 13.0 Å². The van der Waals surface area contributed by atoms with Crippen LogP contribution in [0.3, 0.4) is 0 Å². The van der Waals surface area contributed by atoms with E-state index in [1.807, 2.05) is 6.07 Å². The Kier molecular flexibility index (Phi) is 4.00. The van der Waals surface area contributed by atoms with E-state index >= 15 is 0 Å². The van der Waals surface area contributed by atoms with Crippen LogP contribution in [0.25, 0.3) is 0 Å². The molecule has 4 heteroatoms. The minimum Gasteiger partial charge on any atom is -0.324 e. The zero-order valence-electron chi connectivity index (χ0n) is 7.15. The molecule has 1 aromatic heterocycles. The van der Waals surface area contributed by atoms with Gasteiger partial charge in [0.2, 0.25) is 0 Å². The largest absolute Gasteiger partial charge is 0.324 e. The highest BCUT2D eigenvalue weighted by Crippen LogP contribution is 2.00. The third-order valence-corrected chi connectivity index (χ3v) is 1.64. The molecule has 0 spiro atoms. The average molecular weight is 189 g/mol. The van der Waals surface area contributed by atoms with Gasteiger partial charge in [0, 0.05) is 24.8 Å². The van der Waals surface area contributed by atoms with Crippen molar-refractivity contribution in [2.24, 2.45) is 12.8 Å². The van der Waals surface area contributed by atoms with Crippen LogP contribution in [0, 0.1) is 0 Å². The summed E-state index contributed by atoms with van der Waals surface area (Å²) in [4.78, 5) is 11.3. The topological polar surface area (TPSA) is 48.0 Å². The van der Waals surface area contributed by atoms with E-state index in [1.54, 1.807) is 26.2 Å². The summed E-state index contributed by atoms with van der Waals surface area (Å²) in [5.41, 5.74) is 6.22. The maximum Gasteiger partial charge on any atom is 0.255 e. The fraction of sp³-hybridized carbons (Fsp3) is 0.375. The molecule has 0 saturated heterocycles. The first kappa shape index (κ1) is 11.2. The molecular formula is C8H13ClN2O. The van der Waals surface area contributed by atoms with Crippen molar-refractivity contribution >= 4 is 12.4 Å². The van der Waals surface area contributed by atoms with Gasteiger partial charge in [-0.15, -0.1) is 12.4 Å². The Morgan fingerprint density at radius 2 is 2.17 bits per heavy atom. The molecule has 2 N–H and O–H groups in total.